The summed E-state index contributed by atoms with van der Waals surface area (Å²) in [6.45, 7) is 6.60. The zero-order chi connectivity index (χ0) is 18.4. The lowest BCUT2D eigenvalue weighted by atomic mass is 10.2. The fourth-order valence-electron chi connectivity index (χ4n) is 2.93. The van der Waals surface area contributed by atoms with Gasteiger partial charge in [0, 0.05) is 19.3 Å². The number of likely N-dealkylation sites (tertiary alicyclic amines) is 1. The summed E-state index contributed by atoms with van der Waals surface area (Å²) in [6, 6.07) is 2.12. The zero-order valence-electron chi connectivity index (χ0n) is 14.3. The van der Waals surface area contributed by atoms with E-state index in [4.69, 9.17) is 10.5 Å². The Bertz CT molecular complexity index is 879. The molecule has 1 atom stereocenters. The lowest BCUT2D eigenvalue weighted by molar-refractivity contribution is 0.0288. The molecule has 8 nitrogen and oxygen atoms in total. The average molecular weight is 454 g/mol. The summed E-state index contributed by atoms with van der Waals surface area (Å²) in [6.07, 6.45) is 1.87. The highest BCUT2D eigenvalue weighted by Crippen LogP contribution is 2.32. The number of ether oxygens (including phenoxy) is 1. The number of nitrogens with zero attached hydrogens (tertiary/aromatic N) is 5. The number of aromatic nitrogens is 3. The molecule has 3 rings (SSSR count). The van der Waals surface area contributed by atoms with Gasteiger partial charge in [0.15, 0.2) is 0 Å². The molecule has 1 amide bonds. The van der Waals surface area contributed by atoms with Crippen molar-refractivity contribution in [2.75, 3.05) is 18.8 Å². The van der Waals surface area contributed by atoms with Crippen LogP contribution in [0.25, 0.3) is 10.9 Å². The predicted octanol–water partition coefficient (Wildman–Crippen LogP) is 2.67. The molecular weight excluding hydrogens is 435 g/mol. The number of anilines is 1. The molecule has 132 valence electrons. The molecule has 0 spiro atoms. The summed E-state index contributed by atoms with van der Waals surface area (Å²) in [4.78, 5) is 18.0. The highest BCUT2D eigenvalue weighted by Gasteiger charge is 2.33. The number of hydrogen-bond acceptors (Lipinski definition) is 6. The number of nitrogens with two attached hydrogens (primary N) is 1. The van der Waals surface area contributed by atoms with E-state index in [1.165, 1.54) is 6.20 Å². The third-order valence-electron chi connectivity index (χ3n) is 3.99. The molecule has 0 radical (unpaired) electrons. The van der Waals surface area contributed by atoms with Gasteiger partial charge in [0.05, 0.1) is 22.5 Å². The van der Waals surface area contributed by atoms with Crippen molar-refractivity contribution in [1.82, 2.24) is 19.7 Å². The fraction of sp³-hybridized carbons (Fsp3) is 0.500. The van der Waals surface area contributed by atoms with Gasteiger partial charge < -0.3 is 15.4 Å². The molecule has 2 N–H and O–H groups in total. The first-order valence-corrected chi connectivity index (χ1v) is 8.99. The summed E-state index contributed by atoms with van der Waals surface area (Å²) in [5.74, 6) is 0.353. The third-order valence-corrected chi connectivity index (χ3v) is 4.75. The molecule has 3 heterocycles. The van der Waals surface area contributed by atoms with Crippen LogP contribution in [0.5, 0.6) is 0 Å². The van der Waals surface area contributed by atoms with Crippen LogP contribution in [0.4, 0.5) is 10.6 Å². The van der Waals surface area contributed by atoms with Gasteiger partial charge in [0.1, 0.15) is 21.2 Å². The second kappa shape index (κ2) is 6.33. The molecule has 0 aromatic carbocycles. The van der Waals surface area contributed by atoms with Gasteiger partial charge in [-0.05, 0) is 49.8 Å². The predicted molar refractivity (Wildman–Crippen MR) is 101 cm³/mol. The highest BCUT2D eigenvalue weighted by molar-refractivity contribution is 14.1. The number of pyridine rings is 1. The largest absolute Gasteiger partial charge is 0.444 e. The molecular formula is C16H19IN6O2. The smallest absolute Gasteiger partial charge is 0.410 e. The van der Waals surface area contributed by atoms with Gasteiger partial charge in [-0.3, -0.25) is 4.68 Å². The molecule has 1 aliphatic heterocycles. The van der Waals surface area contributed by atoms with E-state index in [2.05, 4.69) is 38.7 Å². The third kappa shape index (κ3) is 3.35. The molecule has 1 unspecified atom stereocenters. The normalized spacial score (nSPS) is 17.7. The molecule has 2 aromatic heterocycles. The minimum Gasteiger partial charge on any atom is -0.444 e. The fourth-order valence-corrected chi connectivity index (χ4v) is 3.70. The van der Waals surface area contributed by atoms with Crippen LogP contribution in [0, 0.1) is 15.0 Å². The van der Waals surface area contributed by atoms with E-state index in [-0.39, 0.29) is 12.1 Å². The second-order valence-electron chi connectivity index (χ2n) is 7.00. The number of carbonyl (C=O) groups excluding carboxylic acids is 1. The number of rotatable bonds is 1. The van der Waals surface area contributed by atoms with Crippen LogP contribution < -0.4 is 5.73 Å². The van der Waals surface area contributed by atoms with Crippen molar-refractivity contribution in [3.8, 4) is 6.07 Å². The van der Waals surface area contributed by atoms with Gasteiger partial charge in [-0.15, -0.1) is 0 Å². The van der Waals surface area contributed by atoms with Crippen LogP contribution >= 0.6 is 22.6 Å². The standard InChI is InChI=1S/C16H19IN6O2/c1-16(2,3)25-15(24)22-5-4-10(8-22)23-12-9(6-18)7-20-14(19)11(12)13(17)21-23/h7,10H,4-5,8H2,1-3H3,(H2,19,20). The molecule has 0 bridgehead atoms. The molecule has 1 saturated heterocycles. The van der Waals surface area contributed by atoms with Crippen molar-refractivity contribution < 1.29 is 9.53 Å². The number of hydrogen-bond donors (Lipinski definition) is 1. The maximum Gasteiger partial charge on any atom is 0.410 e. The molecule has 0 aliphatic carbocycles. The van der Waals surface area contributed by atoms with Crippen molar-refractivity contribution in [3.05, 3.63) is 15.5 Å². The number of halogens is 1. The van der Waals surface area contributed by atoms with Crippen molar-refractivity contribution in [1.29, 1.82) is 5.26 Å². The monoisotopic (exact) mass is 454 g/mol. The Balaban J connectivity index is 1.93. The Labute approximate surface area is 159 Å². The average Bonchev–Trinajstić information content (AvgIpc) is 3.11. The Kier molecular flexibility index (Phi) is 4.49. The van der Waals surface area contributed by atoms with Crippen molar-refractivity contribution in [3.63, 3.8) is 0 Å². The minimum absolute atomic E-state index is 0.0348. The number of carbonyl (C=O) groups is 1. The Morgan fingerprint density at radius 3 is 2.88 bits per heavy atom. The van der Waals surface area contributed by atoms with Crippen molar-refractivity contribution >= 4 is 45.4 Å². The van der Waals surface area contributed by atoms with Crippen LogP contribution in [0.2, 0.25) is 0 Å². The van der Waals surface area contributed by atoms with E-state index in [1.54, 1.807) is 9.58 Å². The topological polar surface area (TPSA) is 110 Å². The van der Waals surface area contributed by atoms with Gasteiger partial charge in [0.25, 0.3) is 0 Å². The molecule has 1 aliphatic rings. The van der Waals surface area contributed by atoms with E-state index in [0.29, 0.717) is 39.1 Å². The maximum atomic E-state index is 12.3. The zero-order valence-corrected chi connectivity index (χ0v) is 16.4. The molecule has 0 saturated carbocycles. The van der Waals surface area contributed by atoms with Crippen LogP contribution in [0.15, 0.2) is 6.20 Å². The van der Waals surface area contributed by atoms with Crippen molar-refractivity contribution in [2.45, 2.75) is 38.8 Å². The molecule has 25 heavy (non-hydrogen) atoms. The van der Waals surface area contributed by atoms with Gasteiger partial charge in [-0.2, -0.15) is 10.4 Å². The first kappa shape index (κ1) is 17.7. The van der Waals surface area contributed by atoms with E-state index >= 15 is 0 Å². The van der Waals surface area contributed by atoms with E-state index in [1.807, 2.05) is 20.8 Å². The summed E-state index contributed by atoms with van der Waals surface area (Å²) in [7, 11) is 0. The van der Waals surface area contributed by atoms with E-state index < -0.39 is 5.60 Å². The first-order chi connectivity index (χ1) is 11.7. The van der Waals surface area contributed by atoms with Crippen LogP contribution in [0.1, 0.15) is 38.8 Å². The van der Waals surface area contributed by atoms with Gasteiger partial charge in [0.2, 0.25) is 0 Å². The van der Waals surface area contributed by atoms with Crippen molar-refractivity contribution in [2.24, 2.45) is 0 Å². The number of amides is 1. The lowest BCUT2D eigenvalue weighted by Crippen LogP contribution is -2.35. The van der Waals surface area contributed by atoms with Gasteiger partial charge in [-0.1, -0.05) is 0 Å². The number of fused-ring (bicyclic) bond motifs is 1. The highest BCUT2D eigenvalue weighted by atomic mass is 127. The summed E-state index contributed by atoms with van der Waals surface area (Å²) >= 11 is 2.09. The first-order valence-electron chi connectivity index (χ1n) is 7.91. The maximum absolute atomic E-state index is 12.3. The second-order valence-corrected chi connectivity index (χ2v) is 8.02. The van der Waals surface area contributed by atoms with Crippen LogP contribution in [0.3, 0.4) is 0 Å². The summed E-state index contributed by atoms with van der Waals surface area (Å²) < 4.78 is 7.94. The van der Waals surface area contributed by atoms with Gasteiger partial charge in [-0.25, -0.2) is 9.78 Å². The Morgan fingerprint density at radius 2 is 2.24 bits per heavy atom. The van der Waals surface area contributed by atoms with E-state index in [0.717, 1.165) is 6.42 Å². The molecule has 2 aromatic rings. The van der Waals surface area contributed by atoms with E-state index in [9.17, 15) is 10.1 Å². The summed E-state index contributed by atoms with van der Waals surface area (Å²) in [5.41, 5.74) is 6.55. The molecule has 1 fully saturated rings. The van der Waals surface area contributed by atoms with Gasteiger partial charge >= 0.3 is 6.09 Å². The minimum atomic E-state index is -0.531. The quantitative estimate of drug-likeness (QED) is 0.664. The lowest BCUT2D eigenvalue weighted by Gasteiger charge is -2.24. The summed E-state index contributed by atoms with van der Waals surface area (Å²) in [5, 5.41) is 14.7. The SMILES string of the molecule is CC(C)(C)OC(=O)N1CCC(n2nc(I)c3c(N)ncc(C#N)c32)C1. The Hall–Kier alpha value is -2.09. The number of nitrogen functional groups attached to an aromatic ring is 1. The Morgan fingerprint density at radius 1 is 1.52 bits per heavy atom. The van der Waals surface area contributed by atoms with Crippen LogP contribution in [-0.2, 0) is 4.74 Å². The number of nitriles is 1. The van der Waals surface area contributed by atoms with Crippen LogP contribution in [-0.4, -0.2) is 44.4 Å². The molecule has 9 heteroatoms.